The molecular formula is C27H27N3O3. The van der Waals surface area contributed by atoms with E-state index < -0.39 is 0 Å². The first-order valence-electron chi connectivity index (χ1n) is 10.9. The van der Waals surface area contributed by atoms with Crippen LogP contribution in [-0.4, -0.2) is 27.8 Å². The summed E-state index contributed by atoms with van der Waals surface area (Å²) >= 11 is 0. The number of carbonyl (C=O) groups excluding carboxylic acids is 2. The van der Waals surface area contributed by atoms with Gasteiger partial charge in [0.2, 0.25) is 0 Å². The fourth-order valence-electron chi connectivity index (χ4n) is 3.84. The van der Waals surface area contributed by atoms with Crippen molar-refractivity contribution in [3.63, 3.8) is 0 Å². The number of hydrogen-bond acceptors (Lipinski definition) is 5. The Morgan fingerprint density at radius 2 is 1.76 bits per heavy atom. The Balaban J connectivity index is 1.73. The highest BCUT2D eigenvalue weighted by Gasteiger charge is 2.39. The van der Waals surface area contributed by atoms with Gasteiger partial charge in [0.1, 0.15) is 11.4 Å². The maximum atomic E-state index is 13.5. The second-order valence-corrected chi connectivity index (χ2v) is 8.44. The summed E-state index contributed by atoms with van der Waals surface area (Å²) in [5.41, 5.74) is 4.97. The lowest BCUT2D eigenvalue weighted by Gasteiger charge is -2.15. The number of aromatic nitrogens is 1. The van der Waals surface area contributed by atoms with Crippen LogP contribution in [0.25, 0.3) is 5.57 Å². The van der Waals surface area contributed by atoms with Crippen LogP contribution in [0, 0.1) is 13.8 Å². The third-order valence-corrected chi connectivity index (χ3v) is 5.39. The molecule has 0 saturated carbocycles. The minimum absolute atomic E-state index is 0.0430. The van der Waals surface area contributed by atoms with Crippen molar-refractivity contribution in [1.82, 2.24) is 9.88 Å². The zero-order chi connectivity index (χ0) is 23.5. The van der Waals surface area contributed by atoms with Crippen LogP contribution >= 0.6 is 0 Å². The highest BCUT2D eigenvalue weighted by atomic mass is 16.5. The maximum Gasteiger partial charge on any atom is 0.278 e. The Kier molecular flexibility index (Phi) is 6.27. The topological polar surface area (TPSA) is 71.5 Å². The van der Waals surface area contributed by atoms with E-state index in [4.69, 9.17) is 4.74 Å². The van der Waals surface area contributed by atoms with Crippen molar-refractivity contribution in [2.24, 2.45) is 0 Å². The van der Waals surface area contributed by atoms with E-state index >= 15 is 0 Å². The number of nitrogens with one attached hydrogen (secondary N) is 1. The highest BCUT2D eigenvalue weighted by molar-refractivity contribution is 6.36. The largest absolute Gasteiger partial charge is 0.491 e. The second-order valence-electron chi connectivity index (χ2n) is 8.44. The van der Waals surface area contributed by atoms with Gasteiger partial charge in [-0.3, -0.25) is 19.5 Å². The molecule has 2 aromatic carbocycles. The first-order valence-corrected chi connectivity index (χ1v) is 10.9. The molecule has 0 atom stereocenters. The van der Waals surface area contributed by atoms with Gasteiger partial charge in [-0.2, -0.15) is 0 Å². The number of carbonyl (C=O) groups is 2. The summed E-state index contributed by atoms with van der Waals surface area (Å²) in [5.74, 6) is 0.0113. The summed E-state index contributed by atoms with van der Waals surface area (Å²) < 4.78 is 5.73. The molecule has 1 aromatic heterocycles. The molecule has 4 rings (SSSR count). The normalized spacial score (nSPS) is 13.8. The van der Waals surface area contributed by atoms with E-state index in [2.05, 4.69) is 10.3 Å². The molecule has 0 saturated heterocycles. The number of rotatable bonds is 7. The maximum absolute atomic E-state index is 13.5. The molecule has 3 aromatic rings. The molecule has 1 aliphatic heterocycles. The van der Waals surface area contributed by atoms with Gasteiger partial charge in [-0.25, -0.2) is 0 Å². The number of hydrogen-bond donors (Lipinski definition) is 1. The van der Waals surface area contributed by atoms with Crippen molar-refractivity contribution in [3.8, 4) is 5.75 Å². The number of amides is 2. The number of aryl methyl sites for hydroxylation is 2. The van der Waals surface area contributed by atoms with Gasteiger partial charge in [0.25, 0.3) is 11.8 Å². The Morgan fingerprint density at radius 3 is 2.39 bits per heavy atom. The SMILES string of the molecule is Cc1ccc(NC2=C(c3ccc(OC(C)C)cc3)C(=O)N(Cc3cccnc3)C2=O)c(C)c1. The van der Waals surface area contributed by atoms with Crippen LogP contribution < -0.4 is 10.1 Å². The first-order chi connectivity index (χ1) is 15.8. The molecule has 6 nitrogen and oxygen atoms in total. The first kappa shape index (κ1) is 22.3. The zero-order valence-electron chi connectivity index (χ0n) is 19.3. The molecule has 0 unspecified atom stereocenters. The van der Waals surface area contributed by atoms with E-state index in [1.54, 1.807) is 18.5 Å². The third-order valence-electron chi connectivity index (χ3n) is 5.39. The summed E-state index contributed by atoms with van der Waals surface area (Å²) in [6.45, 7) is 8.06. The van der Waals surface area contributed by atoms with Gasteiger partial charge in [0.15, 0.2) is 0 Å². The van der Waals surface area contributed by atoms with Gasteiger partial charge in [-0.15, -0.1) is 0 Å². The van der Waals surface area contributed by atoms with Crippen LogP contribution in [0.2, 0.25) is 0 Å². The average Bonchev–Trinajstić information content (AvgIpc) is 3.01. The fourth-order valence-corrected chi connectivity index (χ4v) is 3.84. The van der Waals surface area contributed by atoms with Crippen LogP contribution in [0.15, 0.2) is 72.7 Å². The van der Waals surface area contributed by atoms with Crippen LogP contribution in [0.1, 0.15) is 36.1 Å². The minimum Gasteiger partial charge on any atom is -0.491 e. The molecule has 33 heavy (non-hydrogen) atoms. The predicted octanol–water partition coefficient (Wildman–Crippen LogP) is 4.88. The third kappa shape index (κ3) is 4.80. The van der Waals surface area contributed by atoms with Gasteiger partial charge in [-0.05, 0) is 68.7 Å². The summed E-state index contributed by atoms with van der Waals surface area (Å²) in [5, 5.41) is 3.25. The Labute approximate surface area is 193 Å². The summed E-state index contributed by atoms with van der Waals surface area (Å²) in [6, 6.07) is 16.8. The Morgan fingerprint density at radius 1 is 1.00 bits per heavy atom. The minimum atomic E-state index is -0.360. The lowest BCUT2D eigenvalue weighted by molar-refractivity contribution is -0.137. The monoisotopic (exact) mass is 441 g/mol. The number of ether oxygens (including phenoxy) is 1. The molecular weight excluding hydrogens is 414 g/mol. The van der Waals surface area contributed by atoms with E-state index in [1.165, 1.54) is 4.90 Å². The van der Waals surface area contributed by atoms with Gasteiger partial charge in [0.05, 0.1) is 18.2 Å². The summed E-state index contributed by atoms with van der Waals surface area (Å²) in [4.78, 5) is 32.3. The molecule has 6 heteroatoms. The van der Waals surface area contributed by atoms with E-state index in [0.29, 0.717) is 16.9 Å². The number of nitrogens with zero attached hydrogens (tertiary/aromatic N) is 2. The van der Waals surface area contributed by atoms with E-state index in [0.717, 1.165) is 22.4 Å². The van der Waals surface area contributed by atoms with Gasteiger partial charge in [0, 0.05) is 18.1 Å². The molecule has 0 aliphatic carbocycles. The van der Waals surface area contributed by atoms with Crippen LogP contribution in [0.5, 0.6) is 5.75 Å². The van der Waals surface area contributed by atoms with Crippen LogP contribution in [0.4, 0.5) is 5.69 Å². The molecule has 0 bridgehead atoms. The number of imide groups is 1. The quantitative estimate of drug-likeness (QED) is 0.529. The molecule has 1 N–H and O–H groups in total. The number of anilines is 1. The fraction of sp³-hybridized carbons (Fsp3) is 0.222. The molecule has 2 heterocycles. The Hall–Kier alpha value is -3.93. The van der Waals surface area contributed by atoms with Crippen LogP contribution in [-0.2, 0) is 16.1 Å². The highest BCUT2D eigenvalue weighted by Crippen LogP contribution is 2.33. The number of benzene rings is 2. The lowest BCUT2D eigenvalue weighted by atomic mass is 10.0. The standard InChI is InChI=1S/C27H27N3O3/c1-17(2)33-22-10-8-21(9-11-22)24-25(29-23-12-7-18(3)14-19(23)4)27(32)30(26(24)31)16-20-6-5-13-28-15-20/h5-15,17,29H,16H2,1-4H3. The van der Waals surface area contributed by atoms with Crippen molar-refractivity contribution >= 4 is 23.1 Å². The van der Waals surface area contributed by atoms with E-state index in [-0.39, 0.29) is 30.2 Å². The molecule has 0 radical (unpaired) electrons. The molecule has 1 aliphatic rings. The van der Waals surface area contributed by atoms with Gasteiger partial charge in [-0.1, -0.05) is 35.9 Å². The van der Waals surface area contributed by atoms with E-state index in [1.807, 2.05) is 76.2 Å². The van der Waals surface area contributed by atoms with Crippen molar-refractivity contribution < 1.29 is 14.3 Å². The summed E-state index contributed by atoms with van der Waals surface area (Å²) in [7, 11) is 0. The van der Waals surface area contributed by atoms with E-state index in [9.17, 15) is 9.59 Å². The number of pyridine rings is 1. The molecule has 168 valence electrons. The van der Waals surface area contributed by atoms with Crippen molar-refractivity contribution in [3.05, 3.63) is 94.9 Å². The van der Waals surface area contributed by atoms with Crippen molar-refractivity contribution in [2.75, 3.05) is 5.32 Å². The predicted molar refractivity (Wildman–Crippen MR) is 128 cm³/mol. The second kappa shape index (κ2) is 9.28. The van der Waals surface area contributed by atoms with Crippen molar-refractivity contribution in [1.29, 1.82) is 0 Å². The summed E-state index contributed by atoms with van der Waals surface area (Å²) in [6.07, 6.45) is 3.37. The molecule has 0 spiro atoms. The Bertz CT molecular complexity index is 1220. The lowest BCUT2D eigenvalue weighted by Crippen LogP contribution is -2.32. The van der Waals surface area contributed by atoms with Gasteiger partial charge >= 0.3 is 0 Å². The molecule has 0 fully saturated rings. The zero-order valence-corrected chi connectivity index (χ0v) is 19.3. The van der Waals surface area contributed by atoms with Crippen molar-refractivity contribution in [2.45, 2.75) is 40.3 Å². The van der Waals surface area contributed by atoms with Crippen LogP contribution in [0.3, 0.4) is 0 Å². The average molecular weight is 442 g/mol. The van der Waals surface area contributed by atoms with Gasteiger partial charge < -0.3 is 10.1 Å². The smallest absolute Gasteiger partial charge is 0.278 e. The molecule has 2 amide bonds.